The Morgan fingerprint density at radius 2 is 0.312 bits per heavy atom. The van der Waals surface area contributed by atoms with Gasteiger partial charge >= 0.3 is 396 Å². The van der Waals surface area contributed by atoms with Gasteiger partial charge in [-0.1, -0.05) is 0 Å². The fraction of sp³-hybridized carbons (Fsp3) is 0. The molecule has 16 heavy (non-hydrogen) atoms. The van der Waals surface area contributed by atoms with Crippen molar-refractivity contribution < 1.29 is 308 Å². The van der Waals surface area contributed by atoms with E-state index in [1.54, 1.807) is 0 Å². The minimum Gasteiger partial charge on any atom is 1.00 e. The molecule has 0 aliphatic carbocycles. The summed E-state index contributed by atoms with van der Waals surface area (Å²) in [7, 11) is 45.6. The van der Waals surface area contributed by atoms with Crippen LogP contribution < -0.4 is 308 Å². The van der Waals surface area contributed by atoms with Crippen LogP contribution in [0.3, 0.4) is 0 Å². The maximum atomic E-state index is 5.07. The average molecular weight is 657 g/mol. The van der Waals surface area contributed by atoms with Crippen molar-refractivity contribution in [1.82, 2.24) is 0 Å². The maximum Gasteiger partial charge on any atom is 1.00 e. The Bertz CT molecular complexity index is 206. The third-order valence-corrected chi connectivity index (χ3v) is 0. The van der Waals surface area contributed by atoms with Gasteiger partial charge in [-0.2, -0.15) is 0 Å². The summed E-state index contributed by atoms with van der Waals surface area (Å²) < 4.78 is -8.37. The average Bonchev–Trinajstić information content (AvgIpc) is 0.469. The summed E-state index contributed by atoms with van der Waals surface area (Å²) in [6.45, 7) is 0. The van der Waals surface area contributed by atoms with Gasteiger partial charge in [-0.05, 0) is 0 Å². The Kier molecular flexibility index (Phi) is 25.1. The zero-order chi connectivity index (χ0) is 9.33. The van der Waals surface area contributed by atoms with Crippen LogP contribution in [0, 0.1) is 0 Å². The third-order valence-electron chi connectivity index (χ3n) is 0. The summed E-state index contributed by atoms with van der Waals surface area (Å²) in [5, 5.41) is 0. The standard InChI is InChI=1S/9ClH.6K.Rh/h9*1H;;;;;;;/q;;;;;;;;;6*+1;+3/p-9. The van der Waals surface area contributed by atoms with Gasteiger partial charge in [0.25, 0.3) is 0 Å². The molecule has 0 fully saturated rings. The van der Waals surface area contributed by atoms with Crippen molar-refractivity contribution in [2.75, 3.05) is 0 Å². The van der Waals surface area contributed by atoms with Gasteiger partial charge in [0.15, 0.2) is 0 Å². The molecule has 0 atom stereocenters. The second-order valence-electron chi connectivity index (χ2n) is 1.71. The Morgan fingerprint density at radius 3 is 0.312 bits per heavy atom. The fourth-order valence-electron chi connectivity index (χ4n) is 0. The van der Waals surface area contributed by atoms with Crippen LogP contribution in [0.1, 0.15) is 0 Å². The van der Waals surface area contributed by atoms with Crippen LogP contribution in [0.4, 0.5) is 0 Å². The zero-order valence-electron chi connectivity index (χ0n) is 9.74. The van der Waals surface area contributed by atoms with Gasteiger partial charge in [-0.15, -0.1) is 0 Å². The maximum absolute atomic E-state index is 8.37. The molecule has 0 bridgehead atoms. The van der Waals surface area contributed by atoms with Crippen molar-refractivity contribution >= 4 is 87.2 Å². The third kappa shape index (κ3) is 108. The van der Waals surface area contributed by atoms with Crippen LogP contribution in [0.15, 0.2) is 0 Å². The van der Waals surface area contributed by atoms with E-state index in [4.69, 9.17) is 87.2 Å². The molecular weight excluding hydrogens is 657 g/mol. The summed E-state index contributed by atoms with van der Waals surface area (Å²) in [5.41, 5.74) is 0. The predicted molar refractivity (Wildman–Crippen MR) is 52.7 cm³/mol. The first-order valence-electron chi connectivity index (χ1n) is 1.13. The van der Waals surface area contributed by atoms with Crippen molar-refractivity contribution in [2.45, 2.75) is 0 Å². The van der Waals surface area contributed by atoms with Gasteiger partial charge < -0.3 is 0 Å². The Morgan fingerprint density at radius 1 is 0.312 bits per heavy atom. The van der Waals surface area contributed by atoms with E-state index in [1.807, 2.05) is 0 Å². The summed E-state index contributed by atoms with van der Waals surface area (Å²) in [5.74, 6) is 0. The van der Waals surface area contributed by atoms with Crippen LogP contribution in [0.5, 0.6) is 0 Å². The molecule has 0 nitrogen and oxygen atoms in total. The predicted octanol–water partition coefficient (Wildman–Crippen LogP) is -11.8. The molecule has 0 aromatic heterocycles. The monoisotopic (exact) mass is 651 g/mol. The molecule has 0 heterocycles. The molecule has 0 unspecified atom stereocenters. The molecule has 0 N–H and O–H groups in total. The second-order valence-corrected chi connectivity index (χ2v) is 91.3. The number of hydrogen-bond acceptors (Lipinski definition) is 0. The first-order valence-corrected chi connectivity index (χ1v) is 20.1. The summed E-state index contributed by atoms with van der Waals surface area (Å²) in [4.78, 5) is 0. The van der Waals surface area contributed by atoms with E-state index in [0.29, 0.717) is 0 Å². The first-order chi connectivity index (χ1) is 3.00. The van der Waals surface area contributed by atoms with Crippen LogP contribution in [-0.4, -0.2) is 0 Å². The Hall–Kier alpha value is 13.1. The zero-order valence-corrected chi connectivity index (χ0v) is 36.9. The fourth-order valence-corrected chi connectivity index (χ4v) is 0. The van der Waals surface area contributed by atoms with Gasteiger partial charge in [-0.25, -0.2) is 0 Å². The van der Waals surface area contributed by atoms with Gasteiger partial charge in [-0.3, -0.25) is 0 Å². The summed E-state index contributed by atoms with van der Waals surface area (Å²) >= 11 is 0. The van der Waals surface area contributed by atoms with E-state index >= 15 is 0 Å². The largest absolute Gasteiger partial charge is 1.00 e. The van der Waals surface area contributed by atoms with Crippen LogP contribution >= 0.6 is 87.2 Å². The van der Waals surface area contributed by atoms with E-state index in [0.717, 1.165) is 0 Å². The second kappa shape index (κ2) is 8.53. The van der Waals surface area contributed by atoms with Gasteiger partial charge in [0.1, 0.15) is 0 Å². The van der Waals surface area contributed by atoms with Crippen molar-refractivity contribution in [2.24, 2.45) is 0 Å². The summed E-state index contributed by atoms with van der Waals surface area (Å²) in [6.07, 6.45) is 0. The normalized spacial score (nSPS) is 21.9. The van der Waals surface area contributed by atoms with E-state index in [2.05, 4.69) is 0 Å². The molecule has 0 aromatic rings. The van der Waals surface area contributed by atoms with Crippen LogP contribution in [0.2, 0.25) is 0 Å². The van der Waals surface area contributed by atoms with Crippen LogP contribution in [-0.2, 0) is -0.0185 Å². The van der Waals surface area contributed by atoms with Gasteiger partial charge in [0, 0.05) is 0 Å². The minimum absolute atomic E-state index is 0. The Balaban J connectivity index is -0.0000000270. The van der Waals surface area contributed by atoms with Crippen molar-refractivity contribution in [1.29, 1.82) is 0 Å². The Labute approximate surface area is 379 Å². The SMILES string of the molecule is [Cl][Rh-6]([Cl])([Cl])([Cl])([Cl])([Cl])([Cl])([Cl])[Cl].[K+].[K+].[K+].[K+].[K+].[K+]. The number of rotatable bonds is 0. The molecule has 0 radical (unpaired) electrons. The van der Waals surface area contributed by atoms with E-state index in [9.17, 15) is 0 Å². The number of hydrogen-bond donors (Lipinski definition) is 0. The minimum atomic E-state index is -8.37. The molecule has 0 amide bonds. The van der Waals surface area contributed by atoms with Crippen LogP contribution in [0.25, 0.3) is 0 Å². The first kappa shape index (κ1) is 47.0. The molecular formula is Cl9K6Rh. The van der Waals surface area contributed by atoms with E-state index in [1.165, 1.54) is 0 Å². The molecule has 0 aliphatic rings. The quantitative estimate of drug-likeness (QED) is 0.228. The number of halogens is 9. The smallest absolute Gasteiger partial charge is 1.00 e. The van der Waals surface area contributed by atoms with Gasteiger partial charge in [0.2, 0.25) is 0 Å². The van der Waals surface area contributed by atoms with E-state index in [-0.39, 0.29) is 308 Å². The molecule has 0 spiro atoms. The molecule has 0 aromatic carbocycles. The van der Waals surface area contributed by atoms with Crippen molar-refractivity contribution in [3.63, 3.8) is 0 Å². The molecule has 0 saturated carbocycles. The van der Waals surface area contributed by atoms with E-state index < -0.39 is -0.0185 Å². The van der Waals surface area contributed by atoms with Crippen molar-refractivity contribution in [3.05, 3.63) is 0 Å². The molecule has 0 rings (SSSR count). The topological polar surface area (TPSA) is 0 Å². The molecule has 0 saturated heterocycles. The molecule has 0 aliphatic heterocycles. The van der Waals surface area contributed by atoms with Gasteiger partial charge in [0.05, 0.1) is 0 Å². The summed E-state index contributed by atoms with van der Waals surface area (Å²) in [6, 6.07) is 0. The molecule has 78 valence electrons. The molecule has 16 heteroatoms. The van der Waals surface area contributed by atoms with Crippen molar-refractivity contribution in [3.8, 4) is 0 Å².